The third-order valence-electron chi connectivity index (χ3n) is 8.31. The van der Waals surface area contributed by atoms with Crippen LogP contribution in [0, 0.1) is 0 Å². The highest BCUT2D eigenvalue weighted by atomic mass is 31.2. The van der Waals surface area contributed by atoms with Crippen molar-refractivity contribution in [2.45, 2.75) is 194 Å². The molecule has 0 amide bonds. The summed E-state index contributed by atoms with van der Waals surface area (Å²) >= 11 is 0. The first kappa shape index (κ1) is 39.4. The van der Waals surface area contributed by atoms with Crippen molar-refractivity contribution in [2.24, 2.45) is 0 Å². The molecule has 0 aliphatic carbocycles. The molecule has 0 radical (unpaired) electrons. The Kier molecular flexibility index (Phi) is 31.2. The van der Waals surface area contributed by atoms with E-state index in [1.54, 1.807) is 0 Å². The highest BCUT2D eigenvalue weighted by molar-refractivity contribution is 7.42. The number of unbranched alkanes of at least 4 members (excludes halogenated alkanes) is 26. The number of benzene rings is 1. The lowest BCUT2D eigenvalue weighted by Gasteiger charge is -2.17. The van der Waals surface area contributed by atoms with Gasteiger partial charge in [0, 0.05) is 0 Å². The van der Waals surface area contributed by atoms with Crippen molar-refractivity contribution in [3.05, 3.63) is 30.3 Å². The maximum atomic E-state index is 6.09. The molecule has 1 rings (SSSR count). The minimum atomic E-state index is -1.32. The zero-order valence-corrected chi connectivity index (χ0v) is 29.2. The van der Waals surface area contributed by atoms with Gasteiger partial charge in [-0.3, -0.25) is 0 Å². The van der Waals surface area contributed by atoms with Crippen LogP contribution in [0.2, 0.25) is 0 Å². The van der Waals surface area contributed by atoms with Crippen LogP contribution < -0.4 is 4.52 Å². The van der Waals surface area contributed by atoms with Gasteiger partial charge in [0.1, 0.15) is 5.75 Å². The Morgan fingerprint density at radius 3 is 0.976 bits per heavy atom. The smallest absolute Gasteiger partial charge is 0.397 e. The number of para-hydroxylation sites is 1. The van der Waals surface area contributed by atoms with Crippen LogP contribution in [0.15, 0.2) is 30.3 Å². The Labute approximate surface area is 264 Å². The van der Waals surface area contributed by atoms with Gasteiger partial charge in [0.25, 0.3) is 0 Å². The van der Waals surface area contributed by atoms with E-state index in [1.165, 1.54) is 167 Å². The molecule has 3 nitrogen and oxygen atoms in total. The average Bonchev–Trinajstić information content (AvgIpc) is 3.01. The van der Waals surface area contributed by atoms with Gasteiger partial charge in [0.2, 0.25) is 0 Å². The van der Waals surface area contributed by atoms with Crippen molar-refractivity contribution >= 4 is 8.60 Å². The normalized spacial score (nSPS) is 11.5. The van der Waals surface area contributed by atoms with E-state index in [4.69, 9.17) is 13.6 Å². The lowest BCUT2D eigenvalue weighted by molar-refractivity contribution is 0.198. The Hall–Kier alpha value is -0.630. The van der Waals surface area contributed by atoms with Gasteiger partial charge in [0.05, 0.1) is 13.2 Å². The molecule has 4 heteroatoms. The molecule has 1 aromatic carbocycles. The largest absolute Gasteiger partial charge is 0.427 e. The fourth-order valence-corrected chi connectivity index (χ4v) is 6.56. The second kappa shape index (κ2) is 33.3. The quantitative estimate of drug-likeness (QED) is 0.0577. The van der Waals surface area contributed by atoms with Crippen molar-refractivity contribution in [3.63, 3.8) is 0 Å². The number of rotatable bonds is 34. The first-order valence-electron chi connectivity index (χ1n) is 18.7. The summed E-state index contributed by atoms with van der Waals surface area (Å²) in [7, 11) is -1.32. The molecule has 0 N–H and O–H groups in total. The molecule has 0 aliphatic heterocycles. The Balaban J connectivity index is 2.00. The van der Waals surface area contributed by atoms with Crippen molar-refractivity contribution in [2.75, 3.05) is 13.2 Å². The first-order valence-corrected chi connectivity index (χ1v) is 19.7. The Morgan fingerprint density at radius 1 is 0.381 bits per heavy atom. The molecule has 0 heterocycles. The van der Waals surface area contributed by atoms with Gasteiger partial charge < -0.3 is 13.6 Å². The molecule has 0 fully saturated rings. The van der Waals surface area contributed by atoms with E-state index < -0.39 is 8.60 Å². The van der Waals surface area contributed by atoms with Crippen LogP contribution in [0.3, 0.4) is 0 Å². The molecular formula is C38H71O3P. The van der Waals surface area contributed by atoms with E-state index in [-0.39, 0.29) is 0 Å². The van der Waals surface area contributed by atoms with Crippen molar-refractivity contribution in [3.8, 4) is 5.75 Å². The fourth-order valence-electron chi connectivity index (χ4n) is 5.53. The summed E-state index contributed by atoms with van der Waals surface area (Å²) in [5.74, 6) is 0.838. The Bertz CT molecular complexity index is 592. The fraction of sp³-hybridized carbons (Fsp3) is 0.842. The number of hydrogen-bond acceptors (Lipinski definition) is 3. The zero-order valence-electron chi connectivity index (χ0n) is 28.3. The molecule has 0 aliphatic rings. The zero-order chi connectivity index (χ0) is 30.0. The summed E-state index contributed by atoms with van der Waals surface area (Å²) in [6.45, 7) is 6.05. The molecule has 0 unspecified atom stereocenters. The lowest BCUT2D eigenvalue weighted by atomic mass is 10.0. The summed E-state index contributed by atoms with van der Waals surface area (Å²) in [6.07, 6.45) is 38.4. The van der Waals surface area contributed by atoms with E-state index in [0.717, 1.165) is 31.8 Å². The van der Waals surface area contributed by atoms with E-state index in [9.17, 15) is 0 Å². The molecule has 0 bridgehead atoms. The third-order valence-corrected chi connectivity index (χ3v) is 9.46. The predicted octanol–water partition coefficient (Wildman–Crippen LogP) is 14.3. The molecule has 0 atom stereocenters. The summed E-state index contributed by atoms with van der Waals surface area (Å²) < 4.78 is 18.3. The van der Waals surface area contributed by atoms with Gasteiger partial charge in [-0.05, 0) is 25.0 Å². The lowest BCUT2D eigenvalue weighted by Crippen LogP contribution is -2.01. The van der Waals surface area contributed by atoms with E-state index in [1.807, 2.05) is 30.3 Å². The molecule has 0 saturated heterocycles. The van der Waals surface area contributed by atoms with Gasteiger partial charge in [-0.2, -0.15) is 0 Å². The monoisotopic (exact) mass is 607 g/mol. The van der Waals surface area contributed by atoms with Crippen LogP contribution in [-0.2, 0) is 9.05 Å². The predicted molar refractivity (Wildman–Crippen MR) is 187 cm³/mol. The Morgan fingerprint density at radius 2 is 0.667 bits per heavy atom. The standard InChI is InChI=1S/C38H71O3P/c1-3-5-7-9-11-13-15-17-19-21-23-25-27-32-36-39-42(41-38-34-30-29-31-35-38)40-37-33-28-26-24-22-20-18-16-14-12-10-8-6-4-2/h29-31,34-35H,3-28,32-33,36-37H2,1-2H3. The SMILES string of the molecule is CCCCCCCCCCCCCCCCOP(OCCCCCCCCCCCCCCCC)Oc1ccccc1. The molecule has 0 spiro atoms. The van der Waals surface area contributed by atoms with Crippen molar-refractivity contribution < 1.29 is 13.6 Å². The summed E-state index contributed by atoms with van der Waals surface area (Å²) in [6, 6.07) is 10.00. The van der Waals surface area contributed by atoms with Crippen LogP contribution >= 0.6 is 8.60 Å². The molecule has 1 aromatic rings. The number of hydrogen-bond donors (Lipinski definition) is 0. The van der Waals surface area contributed by atoms with Crippen LogP contribution in [-0.4, -0.2) is 13.2 Å². The second-order valence-electron chi connectivity index (χ2n) is 12.5. The third kappa shape index (κ3) is 28.2. The van der Waals surface area contributed by atoms with E-state index >= 15 is 0 Å². The second-order valence-corrected chi connectivity index (χ2v) is 13.6. The highest BCUT2D eigenvalue weighted by Gasteiger charge is 2.14. The van der Waals surface area contributed by atoms with Crippen molar-refractivity contribution in [1.29, 1.82) is 0 Å². The van der Waals surface area contributed by atoms with Gasteiger partial charge in [-0.15, -0.1) is 0 Å². The van der Waals surface area contributed by atoms with Crippen LogP contribution in [0.1, 0.15) is 194 Å². The molecule has 0 saturated carbocycles. The van der Waals surface area contributed by atoms with Gasteiger partial charge in [0.15, 0.2) is 0 Å². The summed E-state index contributed by atoms with van der Waals surface area (Å²) in [4.78, 5) is 0. The minimum absolute atomic E-state index is 0.731. The van der Waals surface area contributed by atoms with Gasteiger partial charge in [-0.1, -0.05) is 199 Å². The first-order chi connectivity index (χ1) is 20.9. The molecular weight excluding hydrogens is 535 g/mol. The van der Waals surface area contributed by atoms with Crippen LogP contribution in [0.4, 0.5) is 0 Å². The molecule has 42 heavy (non-hydrogen) atoms. The maximum Gasteiger partial charge on any atom is 0.397 e. The summed E-state index contributed by atoms with van der Waals surface area (Å²) in [5.41, 5.74) is 0. The molecule has 0 aromatic heterocycles. The topological polar surface area (TPSA) is 27.7 Å². The summed E-state index contributed by atoms with van der Waals surface area (Å²) in [5, 5.41) is 0. The van der Waals surface area contributed by atoms with E-state index in [2.05, 4.69) is 13.8 Å². The van der Waals surface area contributed by atoms with Gasteiger partial charge in [-0.25, -0.2) is 0 Å². The van der Waals surface area contributed by atoms with E-state index in [0.29, 0.717) is 0 Å². The maximum absolute atomic E-state index is 6.09. The van der Waals surface area contributed by atoms with Crippen LogP contribution in [0.5, 0.6) is 5.75 Å². The highest BCUT2D eigenvalue weighted by Crippen LogP contribution is 2.41. The van der Waals surface area contributed by atoms with Crippen LogP contribution in [0.25, 0.3) is 0 Å². The molecule has 246 valence electrons. The minimum Gasteiger partial charge on any atom is -0.427 e. The average molecular weight is 607 g/mol. The van der Waals surface area contributed by atoms with Gasteiger partial charge >= 0.3 is 8.60 Å². The van der Waals surface area contributed by atoms with Crippen molar-refractivity contribution in [1.82, 2.24) is 0 Å².